The first kappa shape index (κ1) is 41.1. The van der Waals surface area contributed by atoms with Crippen molar-refractivity contribution in [2.45, 2.75) is 77.2 Å². The van der Waals surface area contributed by atoms with Gasteiger partial charge in [0.25, 0.3) is 6.47 Å². The minimum Gasteiger partial charge on any atom is -0.463 e. The molecule has 2 atom stereocenters. The second-order valence-electron chi connectivity index (χ2n) is 13.9. The van der Waals surface area contributed by atoms with Crippen LogP contribution < -0.4 is 15.5 Å². The fourth-order valence-corrected chi connectivity index (χ4v) is 7.83. The SMILES string of the molecule is CNCCCC(C)(C)C1=[P+]=C(c2cc3c(cc2F)S(=O)C[C@H](NC(=O)OC(C)(C)C)C(=O)N3Cc2ccc(Cl)cc2)O1.O=COCc1ccccc1. The Hall–Kier alpha value is -3.67. The van der Waals surface area contributed by atoms with Gasteiger partial charge in [-0.15, -0.1) is 0 Å². The summed E-state index contributed by atoms with van der Waals surface area (Å²) >= 11 is 6.07. The van der Waals surface area contributed by atoms with Crippen molar-refractivity contribution in [2.75, 3.05) is 24.2 Å². The summed E-state index contributed by atoms with van der Waals surface area (Å²) in [6.07, 6.45) is 1.07. The molecule has 10 nitrogen and oxygen atoms in total. The van der Waals surface area contributed by atoms with Crippen LogP contribution >= 0.6 is 19.4 Å². The van der Waals surface area contributed by atoms with Gasteiger partial charge in [0.15, 0.2) is 0 Å². The molecule has 0 aliphatic carbocycles. The van der Waals surface area contributed by atoms with Gasteiger partial charge >= 0.3 is 256 Å². The van der Waals surface area contributed by atoms with Gasteiger partial charge in [0.05, 0.1) is 0 Å². The molecule has 2 heterocycles. The van der Waals surface area contributed by atoms with Gasteiger partial charge < -0.3 is 4.74 Å². The zero-order valence-electron chi connectivity index (χ0n) is 30.2. The summed E-state index contributed by atoms with van der Waals surface area (Å²) in [5.41, 5.74) is 2.56. The van der Waals surface area contributed by atoms with Crippen LogP contribution in [0.5, 0.6) is 0 Å². The molecule has 0 fully saturated rings. The van der Waals surface area contributed by atoms with E-state index in [9.17, 15) is 18.6 Å². The summed E-state index contributed by atoms with van der Waals surface area (Å²) in [6.45, 7) is 11.1. The first-order chi connectivity index (χ1) is 24.6. The summed E-state index contributed by atoms with van der Waals surface area (Å²) in [7, 11) is 0.878. The molecule has 2 aliphatic heterocycles. The number of rotatable bonds is 12. The minimum absolute atomic E-state index is 0.0849. The number of hydrogen-bond donors (Lipinski definition) is 2. The zero-order valence-corrected chi connectivity index (χ0v) is 32.6. The second-order valence-corrected chi connectivity index (χ2v) is 16.8. The van der Waals surface area contributed by atoms with Gasteiger partial charge in [-0.3, -0.25) is 4.79 Å². The van der Waals surface area contributed by atoms with Crippen molar-refractivity contribution >= 4 is 65.3 Å². The molecule has 5 rings (SSSR count). The molecule has 0 saturated carbocycles. The molecule has 52 heavy (non-hydrogen) atoms. The Kier molecular flexibility index (Phi) is 14.5. The number of alkyl carbamates (subject to hydrolysis) is 1. The number of anilines is 1. The van der Waals surface area contributed by atoms with E-state index in [1.54, 1.807) is 45.0 Å². The number of carbonyl (C=O) groups is 3. The Morgan fingerprint density at radius 3 is 2.38 bits per heavy atom. The van der Waals surface area contributed by atoms with Crippen molar-refractivity contribution in [2.24, 2.45) is 5.41 Å². The molecule has 278 valence electrons. The van der Waals surface area contributed by atoms with E-state index in [1.165, 1.54) is 17.0 Å². The Labute approximate surface area is 313 Å². The molecule has 0 saturated heterocycles. The van der Waals surface area contributed by atoms with Gasteiger partial charge in [0.1, 0.15) is 6.61 Å². The molecular formula is C38H45ClFN3O7PS+. The van der Waals surface area contributed by atoms with Crippen molar-refractivity contribution in [3.8, 4) is 0 Å². The van der Waals surface area contributed by atoms with E-state index >= 15 is 4.39 Å². The standard InChI is InChI=1S/C30H36ClFN3O5PS.C8H8O2/c1-29(2,3)40-28(37)34-22-17-42(38)24-15-21(32)20(26-39-27(41-26)30(4,5)12-7-13-33-6)14-23(24)35(25(22)36)16-18-8-10-19(31)11-9-18;9-7-10-6-8-4-2-1-3-5-8/h8-11,14-15,22,33H,7,12-13,16-17H2,1-6H3;1-5,7H,6H2/p+1/t22-,42?;/m0./s1. The predicted molar refractivity (Wildman–Crippen MR) is 205 cm³/mol. The summed E-state index contributed by atoms with van der Waals surface area (Å²) in [4.78, 5) is 37.9. The monoisotopic (exact) mass is 772 g/mol. The maximum atomic E-state index is 15.6. The maximum absolute atomic E-state index is 15.6. The van der Waals surface area contributed by atoms with Crippen LogP contribution in [-0.2, 0) is 47.8 Å². The number of hydrogen-bond acceptors (Lipinski definition) is 8. The van der Waals surface area contributed by atoms with Crippen LogP contribution in [0, 0.1) is 11.2 Å². The summed E-state index contributed by atoms with van der Waals surface area (Å²) in [6, 6.07) is 18.1. The number of amides is 2. The van der Waals surface area contributed by atoms with Crippen molar-refractivity contribution in [3.05, 3.63) is 94.3 Å². The zero-order chi connectivity index (χ0) is 38.1. The van der Waals surface area contributed by atoms with E-state index in [0.29, 0.717) is 29.3 Å². The van der Waals surface area contributed by atoms with Gasteiger partial charge in [0.2, 0.25) is 0 Å². The number of benzene rings is 3. The number of ether oxygens (including phenoxy) is 3. The van der Waals surface area contributed by atoms with Crippen molar-refractivity contribution in [1.29, 1.82) is 0 Å². The third-order valence-electron chi connectivity index (χ3n) is 8.01. The van der Waals surface area contributed by atoms with Gasteiger partial charge in [-0.25, -0.2) is 0 Å². The molecule has 2 amide bonds. The van der Waals surface area contributed by atoms with Gasteiger partial charge in [-0.05, 0) is 5.56 Å². The normalized spacial score (nSPS) is 17.1. The van der Waals surface area contributed by atoms with Crippen LogP contribution in [0.25, 0.3) is 0 Å². The smallest absolute Gasteiger partial charge is 0.293 e. The van der Waals surface area contributed by atoms with Crippen LogP contribution in [-0.4, -0.2) is 64.6 Å². The van der Waals surface area contributed by atoms with E-state index < -0.39 is 40.3 Å². The maximum Gasteiger partial charge on any atom is 0.293 e. The average Bonchev–Trinajstić information content (AvgIpc) is 3.14. The third kappa shape index (κ3) is 11.4. The number of nitrogens with zero attached hydrogens (tertiary/aromatic N) is 1. The first-order valence-corrected chi connectivity index (χ1v) is 19.4. The molecule has 2 N–H and O–H groups in total. The summed E-state index contributed by atoms with van der Waals surface area (Å²) in [5.74, 6) is -1.31. The van der Waals surface area contributed by atoms with Crippen molar-refractivity contribution in [1.82, 2.24) is 10.6 Å². The Bertz CT molecular complexity index is 1850. The molecule has 3 aromatic rings. The quantitative estimate of drug-likeness (QED) is 0.115. The predicted octanol–water partition coefficient (Wildman–Crippen LogP) is 7.00. The Balaban J connectivity index is 0.000000521. The van der Waals surface area contributed by atoms with E-state index in [0.717, 1.165) is 43.8 Å². The van der Waals surface area contributed by atoms with Crippen molar-refractivity contribution in [3.63, 3.8) is 0 Å². The summed E-state index contributed by atoms with van der Waals surface area (Å²) < 4.78 is 45.0. The third-order valence-corrected chi connectivity index (χ3v) is 11.1. The topological polar surface area (TPSA) is 123 Å². The summed E-state index contributed by atoms with van der Waals surface area (Å²) in [5, 5.41) is 6.26. The molecule has 0 radical (unpaired) electrons. The number of fused-ring (bicyclic) bond motifs is 1. The van der Waals surface area contributed by atoms with Crippen LogP contribution in [0.2, 0.25) is 5.02 Å². The van der Waals surface area contributed by atoms with Gasteiger partial charge in [-0.2, -0.15) is 0 Å². The molecule has 2 aliphatic rings. The fourth-order valence-electron chi connectivity index (χ4n) is 5.32. The number of halogens is 2. The first-order valence-electron chi connectivity index (χ1n) is 16.8. The largest absolute Gasteiger partial charge is 0.463 e. The van der Waals surface area contributed by atoms with Crippen LogP contribution in [0.4, 0.5) is 14.9 Å². The average molecular weight is 773 g/mol. The molecule has 1 unspecified atom stereocenters. The fraction of sp³-hybridized carbons (Fsp3) is 0.395. The van der Waals surface area contributed by atoms with Gasteiger partial charge in [-0.1, -0.05) is 30.3 Å². The van der Waals surface area contributed by atoms with Gasteiger partial charge in [0, 0.05) is 0 Å². The van der Waals surface area contributed by atoms with E-state index in [4.69, 9.17) is 21.1 Å². The molecule has 3 aromatic carbocycles. The van der Waals surface area contributed by atoms with E-state index in [2.05, 4.69) is 29.2 Å². The molecule has 0 spiro atoms. The van der Waals surface area contributed by atoms with Crippen LogP contribution in [0.1, 0.15) is 64.2 Å². The van der Waals surface area contributed by atoms with E-state index in [1.807, 2.05) is 37.4 Å². The molecular weight excluding hydrogens is 728 g/mol. The molecule has 0 bridgehead atoms. The Morgan fingerprint density at radius 2 is 1.77 bits per heavy atom. The molecule has 14 heteroatoms. The molecule has 0 aromatic heterocycles. The van der Waals surface area contributed by atoms with Crippen molar-refractivity contribution < 1.29 is 37.2 Å². The van der Waals surface area contributed by atoms with Crippen LogP contribution in [0.3, 0.4) is 0 Å². The Morgan fingerprint density at radius 1 is 1.10 bits per heavy atom. The van der Waals surface area contributed by atoms with E-state index in [-0.39, 0.29) is 28.2 Å². The van der Waals surface area contributed by atoms with Crippen LogP contribution in [0.15, 0.2) is 71.6 Å². The number of nitrogens with one attached hydrogen (secondary N) is 2. The number of carbonyl (C=O) groups excluding carboxylic acids is 3. The second kappa shape index (κ2) is 18.4. The minimum atomic E-state index is -1.80.